The maximum atomic E-state index is 5.88. The number of hydrogen-bond acceptors (Lipinski definition) is 2. The largest absolute Gasteiger partial charge is 0.373 e. The van der Waals surface area contributed by atoms with E-state index >= 15 is 0 Å². The molecule has 0 amide bonds. The van der Waals surface area contributed by atoms with Crippen LogP contribution in [0.15, 0.2) is 0 Å². The summed E-state index contributed by atoms with van der Waals surface area (Å²) in [6.45, 7) is 8.67. The van der Waals surface area contributed by atoms with E-state index in [9.17, 15) is 0 Å². The van der Waals surface area contributed by atoms with Gasteiger partial charge in [0.2, 0.25) is 0 Å². The Morgan fingerprint density at radius 2 is 1.80 bits per heavy atom. The molecule has 2 aliphatic rings. The molecule has 0 aromatic heterocycles. The molecular weight excluding hydrogens is 188 g/mol. The van der Waals surface area contributed by atoms with E-state index < -0.39 is 0 Å². The molecule has 0 bridgehead atoms. The van der Waals surface area contributed by atoms with Crippen molar-refractivity contribution in [1.29, 1.82) is 0 Å². The molecule has 2 nitrogen and oxygen atoms in total. The molecule has 0 aromatic rings. The molecule has 1 aliphatic heterocycles. The third-order valence-corrected chi connectivity index (χ3v) is 4.46. The highest BCUT2D eigenvalue weighted by Crippen LogP contribution is 2.42. The van der Waals surface area contributed by atoms with Crippen LogP contribution in [-0.4, -0.2) is 25.4 Å². The SMILES string of the molecule is CC(C)C1(C)CCCC2OCCOC2C1. The number of fused-ring (bicyclic) bond motifs is 1. The quantitative estimate of drug-likeness (QED) is 0.665. The predicted octanol–water partition coefficient (Wildman–Crippen LogP) is 3.01. The first-order chi connectivity index (χ1) is 7.12. The van der Waals surface area contributed by atoms with E-state index in [4.69, 9.17) is 9.47 Å². The van der Waals surface area contributed by atoms with Crippen LogP contribution < -0.4 is 0 Å². The van der Waals surface area contributed by atoms with Crippen LogP contribution in [0.5, 0.6) is 0 Å². The Hall–Kier alpha value is -0.0800. The van der Waals surface area contributed by atoms with Gasteiger partial charge in [-0.15, -0.1) is 0 Å². The van der Waals surface area contributed by atoms with E-state index in [-0.39, 0.29) is 0 Å². The van der Waals surface area contributed by atoms with Crippen LogP contribution in [0.2, 0.25) is 0 Å². The Kier molecular flexibility index (Phi) is 3.36. The second-order valence-electron chi connectivity index (χ2n) is 5.72. The summed E-state index contributed by atoms with van der Waals surface area (Å²) in [4.78, 5) is 0. The van der Waals surface area contributed by atoms with Crippen molar-refractivity contribution >= 4 is 0 Å². The molecule has 1 aliphatic carbocycles. The summed E-state index contributed by atoms with van der Waals surface area (Å²) in [6.07, 6.45) is 5.71. The van der Waals surface area contributed by atoms with Crippen LogP contribution in [0.1, 0.15) is 46.5 Å². The lowest BCUT2D eigenvalue weighted by molar-refractivity contribution is -0.149. The van der Waals surface area contributed by atoms with E-state index in [1.807, 2.05) is 0 Å². The van der Waals surface area contributed by atoms with Crippen LogP contribution in [0.3, 0.4) is 0 Å². The first-order valence-electron chi connectivity index (χ1n) is 6.35. The monoisotopic (exact) mass is 212 g/mol. The lowest BCUT2D eigenvalue weighted by atomic mass is 9.73. The standard InChI is InChI=1S/C13H24O2/c1-10(2)13(3)6-4-5-11-12(9-13)15-8-7-14-11/h10-12H,4-9H2,1-3H3. The number of rotatable bonds is 1. The molecular formula is C13H24O2. The minimum Gasteiger partial charge on any atom is -0.373 e. The summed E-state index contributed by atoms with van der Waals surface area (Å²) < 4.78 is 11.7. The smallest absolute Gasteiger partial charge is 0.0843 e. The predicted molar refractivity (Wildman–Crippen MR) is 60.9 cm³/mol. The first-order valence-corrected chi connectivity index (χ1v) is 6.35. The molecule has 1 heterocycles. The molecule has 0 radical (unpaired) electrons. The normalized spacial score (nSPS) is 42.4. The Balaban J connectivity index is 2.07. The number of hydrogen-bond donors (Lipinski definition) is 0. The fourth-order valence-electron chi connectivity index (χ4n) is 2.87. The lowest BCUT2D eigenvalue weighted by Crippen LogP contribution is -2.40. The summed E-state index contributed by atoms with van der Waals surface area (Å²) in [7, 11) is 0. The molecule has 1 saturated carbocycles. The molecule has 2 rings (SSSR count). The zero-order valence-electron chi connectivity index (χ0n) is 10.3. The van der Waals surface area contributed by atoms with Crippen molar-refractivity contribution in [1.82, 2.24) is 0 Å². The van der Waals surface area contributed by atoms with Gasteiger partial charge < -0.3 is 9.47 Å². The molecule has 2 fully saturated rings. The Morgan fingerprint density at radius 3 is 2.47 bits per heavy atom. The topological polar surface area (TPSA) is 18.5 Å². The molecule has 88 valence electrons. The first kappa shape index (κ1) is 11.4. The van der Waals surface area contributed by atoms with Crippen molar-refractivity contribution in [3.63, 3.8) is 0 Å². The second-order valence-corrected chi connectivity index (χ2v) is 5.72. The van der Waals surface area contributed by atoms with Crippen LogP contribution in [0.4, 0.5) is 0 Å². The maximum Gasteiger partial charge on any atom is 0.0843 e. The summed E-state index contributed by atoms with van der Waals surface area (Å²) in [5.74, 6) is 0.738. The zero-order chi connectivity index (χ0) is 10.9. The van der Waals surface area contributed by atoms with E-state index in [2.05, 4.69) is 20.8 Å². The average molecular weight is 212 g/mol. The Labute approximate surface area is 93.3 Å². The van der Waals surface area contributed by atoms with Gasteiger partial charge in [0.1, 0.15) is 0 Å². The lowest BCUT2D eigenvalue weighted by Gasteiger charge is -2.37. The van der Waals surface area contributed by atoms with Gasteiger partial charge in [0.25, 0.3) is 0 Å². The summed E-state index contributed by atoms with van der Waals surface area (Å²) in [5.41, 5.74) is 0.445. The molecule has 3 atom stereocenters. The van der Waals surface area contributed by atoms with E-state index in [0.29, 0.717) is 17.6 Å². The molecule has 0 spiro atoms. The number of ether oxygens (including phenoxy) is 2. The minimum absolute atomic E-state index is 0.355. The van der Waals surface area contributed by atoms with Gasteiger partial charge in [-0.25, -0.2) is 0 Å². The molecule has 0 aromatic carbocycles. The second kappa shape index (κ2) is 4.42. The van der Waals surface area contributed by atoms with Gasteiger partial charge in [0.05, 0.1) is 25.4 Å². The Morgan fingerprint density at radius 1 is 1.13 bits per heavy atom. The van der Waals surface area contributed by atoms with Crippen LogP contribution in [0, 0.1) is 11.3 Å². The third-order valence-electron chi connectivity index (χ3n) is 4.46. The van der Waals surface area contributed by atoms with Gasteiger partial charge in [-0.2, -0.15) is 0 Å². The van der Waals surface area contributed by atoms with Crippen molar-refractivity contribution in [2.75, 3.05) is 13.2 Å². The molecule has 3 unspecified atom stereocenters. The van der Waals surface area contributed by atoms with Crippen molar-refractivity contribution in [2.24, 2.45) is 11.3 Å². The van der Waals surface area contributed by atoms with Gasteiger partial charge in [-0.1, -0.05) is 27.2 Å². The molecule has 0 N–H and O–H groups in total. The average Bonchev–Trinajstić information content (AvgIpc) is 2.36. The van der Waals surface area contributed by atoms with Crippen LogP contribution >= 0.6 is 0 Å². The van der Waals surface area contributed by atoms with E-state index in [0.717, 1.165) is 19.1 Å². The van der Waals surface area contributed by atoms with Crippen molar-refractivity contribution in [3.8, 4) is 0 Å². The summed E-state index contributed by atoms with van der Waals surface area (Å²) in [6, 6.07) is 0. The molecule has 2 heteroatoms. The van der Waals surface area contributed by atoms with Gasteiger partial charge in [0, 0.05) is 0 Å². The van der Waals surface area contributed by atoms with Crippen molar-refractivity contribution in [2.45, 2.75) is 58.7 Å². The van der Waals surface area contributed by atoms with Gasteiger partial charge in [-0.05, 0) is 30.6 Å². The highest BCUT2D eigenvalue weighted by atomic mass is 16.6. The maximum absolute atomic E-state index is 5.88. The fraction of sp³-hybridized carbons (Fsp3) is 1.00. The Bertz CT molecular complexity index is 215. The van der Waals surface area contributed by atoms with Crippen molar-refractivity contribution in [3.05, 3.63) is 0 Å². The van der Waals surface area contributed by atoms with Crippen LogP contribution in [-0.2, 0) is 9.47 Å². The van der Waals surface area contributed by atoms with Gasteiger partial charge in [0.15, 0.2) is 0 Å². The zero-order valence-corrected chi connectivity index (χ0v) is 10.3. The molecule has 1 saturated heterocycles. The van der Waals surface area contributed by atoms with Gasteiger partial charge in [-0.3, -0.25) is 0 Å². The minimum atomic E-state index is 0.355. The van der Waals surface area contributed by atoms with E-state index in [1.54, 1.807) is 0 Å². The summed E-state index contributed by atoms with van der Waals surface area (Å²) >= 11 is 0. The van der Waals surface area contributed by atoms with E-state index in [1.165, 1.54) is 25.7 Å². The fourth-order valence-corrected chi connectivity index (χ4v) is 2.87. The molecule has 15 heavy (non-hydrogen) atoms. The van der Waals surface area contributed by atoms with Crippen molar-refractivity contribution < 1.29 is 9.47 Å². The third kappa shape index (κ3) is 2.36. The van der Waals surface area contributed by atoms with Crippen LogP contribution in [0.25, 0.3) is 0 Å². The highest BCUT2D eigenvalue weighted by molar-refractivity contribution is 4.89. The van der Waals surface area contributed by atoms with Gasteiger partial charge >= 0.3 is 0 Å². The summed E-state index contributed by atoms with van der Waals surface area (Å²) in [5, 5.41) is 0. The highest BCUT2D eigenvalue weighted by Gasteiger charge is 2.39.